The van der Waals surface area contributed by atoms with Gasteiger partial charge in [-0.2, -0.15) is 0 Å². The molecule has 0 saturated carbocycles. The second-order valence-corrected chi connectivity index (χ2v) is 4.07. The third-order valence-corrected chi connectivity index (χ3v) is 3.03. The van der Waals surface area contributed by atoms with E-state index in [-0.39, 0.29) is 0 Å². The first-order valence-electron chi connectivity index (χ1n) is 2.76. The van der Waals surface area contributed by atoms with Gasteiger partial charge in [0.1, 0.15) is 5.75 Å². The predicted octanol–water partition coefficient (Wildman–Crippen LogP) is 3.07. The molecule has 10 heavy (non-hydrogen) atoms. The largest absolute Gasteiger partial charge is 0.507 e. The van der Waals surface area contributed by atoms with Crippen molar-refractivity contribution < 1.29 is 5.11 Å². The zero-order chi connectivity index (χ0) is 7.72. The minimum atomic E-state index is 0.304. The lowest BCUT2D eigenvalue weighted by atomic mass is 10.2. The van der Waals surface area contributed by atoms with E-state index in [1.54, 1.807) is 6.07 Å². The van der Waals surface area contributed by atoms with Crippen LogP contribution in [0.5, 0.6) is 5.75 Å². The Hall–Kier alpha value is 0.230. The van der Waals surface area contributed by atoms with Gasteiger partial charge in [-0.1, -0.05) is 0 Å². The third-order valence-electron chi connectivity index (χ3n) is 1.23. The molecule has 0 aliphatic carbocycles. The van der Waals surface area contributed by atoms with E-state index in [4.69, 9.17) is 0 Å². The summed E-state index contributed by atoms with van der Waals surface area (Å²) in [5.74, 6) is 0.304. The van der Waals surface area contributed by atoms with Crippen LogP contribution in [0.15, 0.2) is 16.6 Å². The fourth-order valence-electron chi connectivity index (χ4n) is 0.642. The van der Waals surface area contributed by atoms with E-state index in [0.717, 1.165) is 13.6 Å². The molecular formula is C7H6BrIO. The van der Waals surface area contributed by atoms with Crippen molar-refractivity contribution in [1.82, 2.24) is 0 Å². The van der Waals surface area contributed by atoms with Gasteiger partial charge >= 0.3 is 0 Å². The SMILES string of the molecule is Cc1cc(O)c(Br)cc1I. The van der Waals surface area contributed by atoms with Crippen molar-refractivity contribution in [3.63, 3.8) is 0 Å². The molecule has 0 radical (unpaired) electrons. The number of halogens is 2. The molecule has 3 heteroatoms. The Balaban J connectivity index is 3.28. The molecule has 1 nitrogen and oxygen atoms in total. The average Bonchev–Trinajstić information content (AvgIpc) is 1.84. The van der Waals surface area contributed by atoms with Crippen LogP contribution in [0.3, 0.4) is 0 Å². The zero-order valence-electron chi connectivity index (χ0n) is 5.36. The first-order chi connectivity index (χ1) is 4.61. The Morgan fingerprint density at radius 2 is 2.10 bits per heavy atom. The molecule has 0 saturated heterocycles. The van der Waals surface area contributed by atoms with Crippen molar-refractivity contribution in [1.29, 1.82) is 0 Å². The van der Waals surface area contributed by atoms with Gasteiger partial charge in [0.25, 0.3) is 0 Å². The summed E-state index contributed by atoms with van der Waals surface area (Å²) in [5.41, 5.74) is 1.10. The van der Waals surface area contributed by atoms with Gasteiger partial charge < -0.3 is 5.11 Å². The van der Waals surface area contributed by atoms with Crippen molar-refractivity contribution in [3.8, 4) is 5.75 Å². The summed E-state index contributed by atoms with van der Waals surface area (Å²) in [5, 5.41) is 9.17. The lowest BCUT2D eigenvalue weighted by Gasteiger charge is -2.00. The second kappa shape index (κ2) is 3.09. The quantitative estimate of drug-likeness (QED) is 0.730. The Bertz CT molecular complexity index is 210. The monoisotopic (exact) mass is 312 g/mol. The molecule has 0 aliphatic rings. The van der Waals surface area contributed by atoms with Crippen molar-refractivity contribution in [2.24, 2.45) is 0 Å². The van der Waals surface area contributed by atoms with Gasteiger partial charge in [-0.3, -0.25) is 0 Å². The van der Waals surface area contributed by atoms with Gasteiger partial charge in [0.15, 0.2) is 0 Å². The lowest BCUT2D eigenvalue weighted by molar-refractivity contribution is 0.471. The lowest BCUT2D eigenvalue weighted by Crippen LogP contribution is -1.79. The first kappa shape index (κ1) is 8.33. The van der Waals surface area contributed by atoms with Gasteiger partial charge in [0, 0.05) is 3.57 Å². The highest BCUT2D eigenvalue weighted by Crippen LogP contribution is 2.27. The van der Waals surface area contributed by atoms with E-state index >= 15 is 0 Å². The molecule has 1 rings (SSSR count). The van der Waals surface area contributed by atoms with Crippen LogP contribution in [0.2, 0.25) is 0 Å². The molecular weight excluding hydrogens is 307 g/mol. The van der Waals surface area contributed by atoms with Crippen molar-refractivity contribution in [3.05, 3.63) is 25.7 Å². The van der Waals surface area contributed by atoms with E-state index in [1.165, 1.54) is 0 Å². The molecule has 0 spiro atoms. The van der Waals surface area contributed by atoms with Crippen LogP contribution < -0.4 is 0 Å². The fraction of sp³-hybridized carbons (Fsp3) is 0.143. The molecule has 54 valence electrons. The number of aryl methyl sites for hydroxylation is 1. The number of rotatable bonds is 0. The molecule has 0 heterocycles. The number of phenols is 1. The molecule has 0 aliphatic heterocycles. The summed E-state index contributed by atoms with van der Waals surface area (Å²) in [6.07, 6.45) is 0. The normalized spacial score (nSPS) is 9.90. The van der Waals surface area contributed by atoms with E-state index in [1.807, 2.05) is 13.0 Å². The first-order valence-corrected chi connectivity index (χ1v) is 4.63. The van der Waals surface area contributed by atoms with Crippen LogP contribution in [-0.2, 0) is 0 Å². The molecule has 0 fully saturated rings. The highest BCUT2D eigenvalue weighted by molar-refractivity contribution is 14.1. The van der Waals surface area contributed by atoms with Crippen molar-refractivity contribution >= 4 is 38.5 Å². The summed E-state index contributed by atoms with van der Waals surface area (Å²) < 4.78 is 1.91. The predicted molar refractivity (Wildman–Crippen MR) is 53.3 cm³/mol. The molecule has 0 amide bonds. The second-order valence-electron chi connectivity index (χ2n) is 2.05. The van der Waals surface area contributed by atoms with Gasteiger partial charge in [0.2, 0.25) is 0 Å². The Morgan fingerprint density at radius 3 is 2.60 bits per heavy atom. The highest BCUT2D eigenvalue weighted by Gasteiger charge is 2.00. The summed E-state index contributed by atoms with van der Waals surface area (Å²) >= 11 is 5.45. The maximum Gasteiger partial charge on any atom is 0.130 e. The summed E-state index contributed by atoms with van der Waals surface area (Å²) in [7, 11) is 0. The third kappa shape index (κ3) is 1.63. The fourth-order valence-corrected chi connectivity index (χ4v) is 1.88. The minimum Gasteiger partial charge on any atom is -0.507 e. The number of hydrogen-bond acceptors (Lipinski definition) is 1. The number of hydrogen-bond donors (Lipinski definition) is 1. The van der Waals surface area contributed by atoms with Crippen LogP contribution in [0.4, 0.5) is 0 Å². The van der Waals surface area contributed by atoms with Crippen LogP contribution in [0.1, 0.15) is 5.56 Å². The topological polar surface area (TPSA) is 20.2 Å². The standard InChI is InChI=1S/C7H6BrIO/c1-4-2-7(10)5(8)3-6(4)9/h2-3,10H,1H3. The van der Waals surface area contributed by atoms with Crippen LogP contribution in [0.25, 0.3) is 0 Å². The molecule has 0 unspecified atom stereocenters. The molecule has 0 atom stereocenters. The van der Waals surface area contributed by atoms with E-state index in [9.17, 15) is 5.11 Å². The number of aromatic hydroxyl groups is 1. The molecule has 1 aromatic rings. The minimum absolute atomic E-state index is 0.304. The van der Waals surface area contributed by atoms with E-state index in [0.29, 0.717) is 5.75 Å². The van der Waals surface area contributed by atoms with E-state index < -0.39 is 0 Å². The number of phenolic OH excluding ortho intramolecular Hbond substituents is 1. The van der Waals surface area contributed by atoms with Crippen LogP contribution in [-0.4, -0.2) is 5.11 Å². The van der Waals surface area contributed by atoms with Crippen LogP contribution in [0, 0.1) is 10.5 Å². The van der Waals surface area contributed by atoms with Gasteiger partial charge in [0.05, 0.1) is 4.47 Å². The van der Waals surface area contributed by atoms with Gasteiger partial charge in [-0.25, -0.2) is 0 Å². The molecule has 1 N–H and O–H groups in total. The van der Waals surface area contributed by atoms with E-state index in [2.05, 4.69) is 38.5 Å². The Morgan fingerprint density at radius 1 is 1.50 bits per heavy atom. The average molecular weight is 313 g/mol. The molecule has 1 aromatic carbocycles. The maximum absolute atomic E-state index is 9.17. The van der Waals surface area contributed by atoms with Crippen molar-refractivity contribution in [2.75, 3.05) is 0 Å². The zero-order valence-corrected chi connectivity index (χ0v) is 9.10. The number of benzene rings is 1. The highest BCUT2D eigenvalue weighted by atomic mass is 127. The van der Waals surface area contributed by atoms with Gasteiger partial charge in [-0.05, 0) is 63.1 Å². The molecule has 0 aromatic heterocycles. The Labute approximate surface area is 81.7 Å². The van der Waals surface area contributed by atoms with Crippen LogP contribution >= 0.6 is 38.5 Å². The Kier molecular flexibility index (Phi) is 2.57. The maximum atomic E-state index is 9.17. The van der Waals surface area contributed by atoms with Gasteiger partial charge in [-0.15, -0.1) is 0 Å². The smallest absolute Gasteiger partial charge is 0.130 e. The summed E-state index contributed by atoms with van der Waals surface area (Å²) in [6.45, 7) is 1.97. The van der Waals surface area contributed by atoms with Crippen molar-refractivity contribution in [2.45, 2.75) is 6.92 Å². The molecule has 0 bridgehead atoms. The summed E-state index contributed by atoms with van der Waals surface area (Å²) in [4.78, 5) is 0. The summed E-state index contributed by atoms with van der Waals surface area (Å²) in [6, 6.07) is 3.64.